The number of Topliss-reactive ketones (excluding diaryl/α,β-unsaturated/α-hetero) is 1. The SMILES string of the molecule is COc1cc(C(C)=O)ccc1OCCCN1CCC(C2=[N][In]([F])[CH]=C2)CC1. The van der Waals surface area contributed by atoms with E-state index < -0.39 is 22.3 Å². The van der Waals surface area contributed by atoms with Gasteiger partial charge in [-0.05, 0) is 19.1 Å². The van der Waals surface area contributed by atoms with Gasteiger partial charge in [0.25, 0.3) is 0 Å². The molecule has 1 saturated heterocycles. The molecule has 144 valence electrons. The number of ketones is 1. The van der Waals surface area contributed by atoms with E-state index in [4.69, 9.17) is 9.47 Å². The van der Waals surface area contributed by atoms with Gasteiger partial charge in [0.2, 0.25) is 0 Å². The second kappa shape index (κ2) is 9.73. The normalized spacial score (nSPS) is 17.9. The van der Waals surface area contributed by atoms with Crippen molar-refractivity contribution in [3.63, 3.8) is 0 Å². The van der Waals surface area contributed by atoms with E-state index in [1.807, 2.05) is 6.08 Å². The Morgan fingerprint density at radius 3 is 2.74 bits per heavy atom. The number of benzene rings is 1. The van der Waals surface area contributed by atoms with Crippen LogP contribution in [0.5, 0.6) is 11.5 Å². The summed E-state index contributed by atoms with van der Waals surface area (Å²) >= 11 is -3.07. The molecule has 0 aliphatic carbocycles. The number of halogens is 1. The topological polar surface area (TPSA) is 51.1 Å². The van der Waals surface area contributed by atoms with Crippen molar-refractivity contribution in [2.75, 3.05) is 33.4 Å². The average molecular weight is 476 g/mol. The molecule has 0 bridgehead atoms. The number of nitrogens with zero attached hydrogens (tertiary/aromatic N) is 2. The number of piperidine rings is 1. The molecule has 3 rings (SSSR count). The number of rotatable bonds is 8. The summed E-state index contributed by atoms with van der Waals surface area (Å²) in [5, 5.41) is 0. The molecular formula is C20H26FInN2O3. The van der Waals surface area contributed by atoms with E-state index in [-0.39, 0.29) is 5.78 Å². The van der Waals surface area contributed by atoms with Crippen molar-refractivity contribution in [1.29, 1.82) is 0 Å². The molecule has 1 fully saturated rings. The Bertz CT molecular complexity index is 730. The van der Waals surface area contributed by atoms with Gasteiger partial charge in [0, 0.05) is 5.56 Å². The van der Waals surface area contributed by atoms with Crippen LogP contribution in [-0.4, -0.2) is 72.1 Å². The summed E-state index contributed by atoms with van der Waals surface area (Å²) in [5.41, 5.74) is 1.63. The Labute approximate surface area is 169 Å². The summed E-state index contributed by atoms with van der Waals surface area (Å²) in [6.45, 7) is 5.17. The fourth-order valence-corrected chi connectivity index (χ4v) is 6.50. The predicted molar refractivity (Wildman–Crippen MR) is 106 cm³/mol. The summed E-state index contributed by atoms with van der Waals surface area (Å²) in [7, 11) is 1.58. The van der Waals surface area contributed by atoms with E-state index in [1.165, 1.54) is 6.92 Å². The first-order chi connectivity index (χ1) is 13.1. The van der Waals surface area contributed by atoms with Gasteiger partial charge < -0.3 is 4.74 Å². The maximum absolute atomic E-state index is 13.4. The van der Waals surface area contributed by atoms with Gasteiger partial charge in [0.15, 0.2) is 5.78 Å². The van der Waals surface area contributed by atoms with Gasteiger partial charge in [-0.25, -0.2) is 0 Å². The molecule has 0 saturated carbocycles. The van der Waals surface area contributed by atoms with E-state index in [2.05, 4.69) is 7.88 Å². The van der Waals surface area contributed by atoms with Crippen LogP contribution in [0.2, 0.25) is 0 Å². The number of methoxy groups -OCH3 is 1. The Kier molecular flexibility index (Phi) is 7.35. The van der Waals surface area contributed by atoms with Crippen LogP contribution in [0.15, 0.2) is 31.1 Å². The molecule has 0 aromatic heterocycles. The van der Waals surface area contributed by atoms with E-state index in [9.17, 15) is 7.46 Å². The maximum atomic E-state index is 13.4. The van der Waals surface area contributed by atoms with Crippen molar-refractivity contribution in [2.24, 2.45) is 8.90 Å². The summed E-state index contributed by atoms with van der Waals surface area (Å²) in [5.74, 6) is 1.70. The van der Waals surface area contributed by atoms with E-state index in [0.717, 1.165) is 44.6 Å². The first-order valence-electron chi connectivity index (χ1n) is 9.51. The van der Waals surface area contributed by atoms with Gasteiger partial charge in [-0.15, -0.1) is 0 Å². The number of hydrogen-bond acceptors (Lipinski definition) is 5. The zero-order valence-electron chi connectivity index (χ0n) is 16.0. The van der Waals surface area contributed by atoms with Crippen molar-refractivity contribution in [3.05, 3.63) is 33.7 Å². The third-order valence-electron chi connectivity index (χ3n) is 5.15. The summed E-state index contributed by atoms with van der Waals surface area (Å²) in [6, 6.07) is 5.27. The summed E-state index contributed by atoms with van der Waals surface area (Å²) < 4.78 is 30.5. The second-order valence-corrected chi connectivity index (χ2v) is 11.0. The van der Waals surface area contributed by atoms with Crippen molar-refractivity contribution in [1.82, 2.24) is 4.90 Å². The van der Waals surface area contributed by atoms with E-state index >= 15 is 0 Å². The zero-order valence-corrected chi connectivity index (χ0v) is 19.3. The third kappa shape index (κ3) is 5.57. The number of carbonyl (C=O) groups is 1. The van der Waals surface area contributed by atoms with Crippen LogP contribution in [-0.2, 0) is 0 Å². The summed E-state index contributed by atoms with van der Waals surface area (Å²) in [6.07, 6.45) is 4.97. The van der Waals surface area contributed by atoms with Crippen LogP contribution < -0.4 is 9.47 Å². The zero-order chi connectivity index (χ0) is 19.2. The Hall–Kier alpha value is -1.34. The molecule has 27 heavy (non-hydrogen) atoms. The molecule has 0 amide bonds. The number of carbonyl (C=O) groups excluding carboxylic acids is 1. The fraction of sp³-hybridized carbons (Fsp3) is 0.500. The fourth-order valence-electron chi connectivity index (χ4n) is 3.58. The summed E-state index contributed by atoms with van der Waals surface area (Å²) in [4.78, 5) is 13.9. The van der Waals surface area contributed by atoms with Gasteiger partial charge >= 0.3 is 122 Å². The van der Waals surface area contributed by atoms with Crippen molar-refractivity contribution >= 4 is 33.8 Å². The molecule has 0 unspecified atom stereocenters. The van der Waals surface area contributed by atoms with E-state index in [0.29, 0.717) is 29.6 Å². The van der Waals surface area contributed by atoms with Crippen LogP contribution in [0.3, 0.4) is 0 Å². The monoisotopic (exact) mass is 476 g/mol. The van der Waals surface area contributed by atoms with Gasteiger partial charge in [0.05, 0.1) is 7.11 Å². The molecule has 5 nitrogen and oxygen atoms in total. The van der Waals surface area contributed by atoms with Crippen molar-refractivity contribution in [2.45, 2.75) is 26.2 Å². The van der Waals surface area contributed by atoms with Gasteiger partial charge in [-0.2, -0.15) is 0 Å². The first-order valence-corrected chi connectivity index (χ1v) is 14.1. The van der Waals surface area contributed by atoms with Crippen molar-refractivity contribution in [3.8, 4) is 11.5 Å². The Balaban J connectivity index is 1.39. The molecule has 1 aromatic rings. The molecule has 7 heteroatoms. The van der Waals surface area contributed by atoms with Gasteiger partial charge in [0.1, 0.15) is 0 Å². The minimum atomic E-state index is -3.07. The standard InChI is InChI=1S/C20H26N2O3.FH.In/c1-4-18(21)16-8-11-22(12-9-16)10-5-13-25-19-7-6-17(15(2)23)14-20(19)24-3;;/h1,4,6-7,14,16H,5,8-13H2,2-3H3;1H;/q-1;;+2/p-1. The van der Waals surface area contributed by atoms with E-state index in [1.54, 1.807) is 29.1 Å². The molecule has 0 spiro atoms. The van der Waals surface area contributed by atoms with Crippen LogP contribution in [0, 0.1) is 5.92 Å². The minimum absolute atomic E-state index is 0.00731. The molecule has 0 radical (unpaired) electrons. The second-order valence-electron chi connectivity index (χ2n) is 7.03. The molecule has 2 heterocycles. The number of hydrogen-bond donors (Lipinski definition) is 0. The number of allylic oxidation sites excluding steroid dienone is 1. The van der Waals surface area contributed by atoms with Crippen molar-refractivity contribution < 1.29 is 16.9 Å². The van der Waals surface area contributed by atoms with Gasteiger partial charge in [-0.1, -0.05) is 0 Å². The van der Waals surface area contributed by atoms with Crippen LogP contribution >= 0.6 is 0 Å². The molecule has 2 aliphatic heterocycles. The molecular weight excluding hydrogens is 450 g/mol. The van der Waals surface area contributed by atoms with Crippen LogP contribution in [0.4, 0.5) is 2.66 Å². The predicted octanol–water partition coefficient (Wildman–Crippen LogP) is 3.39. The molecule has 1 aromatic carbocycles. The van der Waals surface area contributed by atoms with Crippen LogP contribution in [0.1, 0.15) is 36.5 Å². The first kappa shape index (κ1) is 20.4. The molecule has 0 atom stereocenters. The van der Waals surface area contributed by atoms with Gasteiger partial charge in [-0.3, -0.25) is 4.79 Å². The number of ether oxygens (including phenoxy) is 2. The average Bonchev–Trinajstić information content (AvgIpc) is 3.12. The van der Waals surface area contributed by atoms with Crippen LogP contribution in [0.25, 0.3) is 0 Å². The quantitative estimate of drug-likeness (QED) is 0.427. The Morgan fingerprint density at radius 2 is 2.11 bits per heavy atom. The third-order valence-corrected chi connectivity index (χ3v) is 8.16. The molecule has 2 aliphatic rings. The number of likely N-dealkylation sites (tertiary alicyclic amines) is 1. The Morgan fingerprint density at radius 1 is 1.33 bits per heavy atom. The molecule has 0 N–H and O–H groups in total.